The first-order valence-electron chi connectivity index (χ1n) is 12.0. The van der Waals surface area contributed by atoms with E-state index in [1.807, 2.05) is 67.7 Å². The number of aromatic nitrogens is 3. The zero-order chi connectivity index (χ0) is 24.9. The van der Waals surface area contributed by atoms with E-state index in [2.05, 4.69) is 48.4 Å². The number of amides is 1. The molecule has 1 aliphatic rings. The maximum absolute atomic E-state index is 12.9. The Morgan fingerprint density at radius 1 is 1.06 bits per heavy atom. The number of hydrogen-bond acceptors (Lipinski definition) is 4. The van der Waals surface area contributed by atoms with Gasteiger partial charge in [-0.2, -0.15) is 0 Å². The van der Waals surface area contributed by atoms with Gasteiger partial charge in [-0.15, -0.1) is 0 Å². The van der Waals surface area contributed by atoms with Crippen LogP contribution >= 0.6 is 12.2 Å². The molecular weight excluding hydrogens is 468 g/mol. The first-order valence-corrected chi connectivity index (χ1v) is 12.4. The van der Waals surface area contributed by atoms with Crippen molar-refractivity contribution < 1.29 is 4.79 Å². The summed E-state index contributed by atoms with van der Waals surface area (Å²) in [5, 5.41) is 7.12. The van der Waals surface area contributed by atoms with Gasteiger partial charge in [0, 0.05) is 55.7 Å². The summed E-state index contributed by atoms with van der Waals surface area (Å²) in [6, 6.07) is 21.6. The lowest BCUT2D eigenvalue weighted by Crippen LogP contribution is -2.33. The van der Waals surface area contributed by atoms with Gasteiger partial charge >= 0.3 is 0 Å². The Morgan fingerprint density at radius 2 is 1.92 bits per heavy atom. The van der Waals surface area contributed by atoms with Gasteiger partial charge in [0.05, 0.1) is 17.8 Å². The lowest BCUT2D eigenvalue weighted by molar-refractivity contribution is -0.116. The molecule has 1 aromatic carbocycles. The van der Waals surface area contributed by atoms with Crippen LogP contribution in [0.15, 0.2) is 91.5 Å². The molecule has 1 aliphatic heterocycles. The number of benzene rings is 1. The summed E-state index contributed by atoms with van der Waals surface area (Å²) in [5.41, 5.74) is 4.98. The molecule has 0 saturated carbocycles. The predicted molar refractivity (Wildman–Crippen MR) is 144 cm³/mol. The molecule has 8 heteroatoms. The number of nitrogens with one attached hydrogen (secondary N) is 2. The van der Waals surface area contributed by atoms with Gasteiger partial charge in [0.15, 0.2) is 5.11 Å². The molecular formula is C28H28N6OS. The quantitative estimate of drug-likeness (QED) is 0.346. The molecule has 0 aliphatic carbocycles. The van der Waals surface area contributed by atoms with Crippen molar-refractivity contribution in [1.29, 1.82) is 0 Å². The van der Waals surface area contributed by atoms with E-state index >= 15 is 0 Å². The standard InChI is InChI=1S/C28H28N6OS/c1-20-8-2-3-10-22(20)31-25(35)13-17-34-27(26(32-28(34)36)23-11-4-5-15-30-23)24-12-7-16-33(24)19-21-9-6-14-29-18-21/h2-12,14-16,18,26-27H,13,17,19H2,1H3,(H,31,35)(H,32,36). The number of para-hydroxylation sites is 1. The summed E-state index contributed by atoms with van der Waals surface area (Å²) in [4.78, 5) is 23.8. The van der Waals surface area contributed by atoms with Crippen LogP contribution in [0.5, 0.6) is 0 Å². The summed E-state index contributed by atoms with van der Waals surface area (Å²) in [7, 11) is 0. The van der Waals surface area contributed by atoms with Crippen LogP contribution in [0, 0.1) is 6.92 Å². The summed E-state index contributed by atoms with van der Waals surface area (Å²) in [6.07, 6.45) is 7.84. The van der Waals surface area contributed by atoms with Crippen LogP contribution in [-0.4, -0.2) is 37.0 Å². The second-order valence-corrected chi connectivity index (χ2v) is 9.24. The van der Waals surface area contributed by atoms with E-state index in [1.54, 1.807) is 12.4 Å². The highest BCUT2D eigenvalue weighted by molar-refractivity contribution is 7.80. The Bertz CT molecular complexity index is 1340. The molecule has 36 heavy (non-hydrogen) atoms. The molecule has 3 aromatic heterocycles. The number of anilines is 1. The molecule has 5 rings (SSSR count). The fraction of sp³-hybridized carbons (Fsp3) is 0.214. The Balaban J connectivity index is 1.40. The zero-order valence-corrected chi connectivity index (χ0v) is 20.9. The fourth-order valence-electron chi connectivity index (χ4n) is 4.64. The zero-order valence-electron chi connectivity index (χ0n) is 20.0. The van der Waals surface area contributed by atoms with E-state index in [9.17, 15) is 4.79 Å². The highest BCUT2D eigenvalue weighted by Gasteiger charge is 2.41. The average Bonchev–Trinajstić information content (AvgIpc) is 3.48. The Hall–Kier alpha value is -4.04. The van der Waals surface area contributed by atoms with Crippen molar-refractivity contribution in [3.8, 4) is 0 Å². The monoisotopic (exact) mass is 496 g/mol. The molecule has 182 valence electrons. The molecule has 4 heterocycles. The molecule has 7 nitrogen and oxygen atoms in total. The van der Waals surface area contributed by atoms with Gasteiger partial charge in [0.2, 0.25) is 5.91 Å². The van der Waals surface area contributed by atoms with Crippen LogP contribution in [0.25, 0.3) is 0 Å². The minimum absolute atomic E-state index is 0.0436. The number of carbonyl (C=O) groups excluding carboxylic acids is 1. The van der Waals surface area contributed by atoms with Crippen molar-refractivity contribution in [2.45, 2.75) is 32.0 Å². The van der Waals surface area contributed by atoms with E-state index in [1.165, 1.54) is 0 Å². The van der Waals surface area contributed by atoms with Crippen LogP contribution in [0.1, 0.15) is 41.0 Å². The second-order valence-electron chi connectivity index (χ2n) is 8.86. The molecule has 0 radical (unpaired) electrons. The minimum atomic E-state index is -0.138. The number of rotatable bonds is 8. The topological polar surface area (TPSA) is 75.1 Å². The number of pyridine rings is 2. The average molecular weight is 497 g/mol. The normalized spacial score (nSPS) is 17.1. The van der Waals surface area contributed by atoms with Crippen molar-refractivity contribution in [3.63, 3.8) is 0 Å². The van der Waals surface area contributed by atoms with Crippen molar-refractivity contribution in [3.05, 3.63) is 114 Å². The molecule has 2 unspecified atom stereocenters. The Labute approximate surface area is 216 Å². The molecule has 2 atom stereocenters. The van der Waals surface area contributed by atoms with Gasteiger partial charge in [0.1, 0.15) is 0 Å². The van der Waals surface area contributed by atoms with Gasteiger partial charge in [-0.25, -0.2) is 0 Å². The van der Waals surface area contributed by atoms with Gasteiger partial charge in [-0.3, -0.25) is 14.8 Å². The third kappa shape index (κ3) is 5.13. The summed E-state index contributed by atoms with van der Waals surface area (Å²) >= 11 is 5.78. The second kappa shape index (κ2) is 10.7. The number of nitrogens with zero attached hydrogens (tertiary/aromatic N) is 4. The van der Waals surface area contributed by atoms with Crippen LogP contribution in [0.2, 0.25) is 0 Å². The molecule has 2 N–H and O–H groups in total. The van der Waals surface area contributed by atoms with E-state index in [0.29, 0.717) is 24.6 Å². The molecule has 4 aromatic rings. The SMILES string of the molecule is Cc1ccccc1NC(=O)CCN1C(=S)NC(c2ccccn2)C1c1cccn1Cc1cccnc1. The third-order valence-corrected chi connectivity index (χ3v) is 6.79. The van der Waals surface area contributed by atoms with Crippen LogP contribution in [0.3, 0.4) is 0 Å². The van der Waals surface area contributed by atoms with E-state index in [0.717, 1.165) is 28.2 Å². The first kappa shape index (κ1) is 23.7. The largest absolute Gasteiger partial charge is 0.352 e. The third-order valence-electron chi connectivity index (χ3n) is 6.44. The van der Waals surface area contributed by atoms with Crippen molar-refractivity contribution >= 4 is 28.9 Å². The van der Waals surface area contributed by atoms with Crippen LogP contribution in [0.4, 0.5) is 5.69 Å². The number of aryl methyl sites for hydroxylation is 1. The summed E-state index contributed by atoms with van der Waals surface area (Å²) < 4.78 is 2.22. The summed E-state index contributed by atoms with van der Waals surface area (Å²) in [5.74, 6) is -0.0436. The maximum Gasteiger partial charge on any atom is 0.226 e. The smallest absolute Gasteiger partial charge is 0.226 e. The van der Waals surface area contributed by atoms with Crippen molar-refractivity contribution in [2.75, 3.05) is 11.9 Å². The number of thiocarbonyl (C=S) groups is 1. The van der Waals surface area contributed by atoms with E-state index in [4.69, 9.17) is 12.2 Å². The highest BCUT2D eigenvalue weighted by atomic mass is 32.1. The van der Waals surface area contributed by atoms with Gasteiger partial charge in [-0.1, -0.05) is 30.3 Å². The maximum atomic E-state index is 12.9. The lowest BCUT2D eigenvalue weighted by Gasteiger charge is -2.29. The highest BCUT2D eigenvalue weighted by Crippen LogP contribution is 2.39. The first-order chi connectivity index (χ1) is 17.6. The molecule has 0 spiro atoms. The molecule has 0 bridgehead atoms. The lowest BCUT2D eigenvalue weighted by atomic mass is 10.0. The Morgan fingerprint density at radius 3 is 2.69 bits per heavy atom. The van der Waals surface area contributed by atoms with E-state index in [-0.39, 0.29) is 18.0 Å². The van der Waals surface area contributed by atoms with Gasteiger partial charge < -0.3 is 20.1 Å². The molecule has 1 fully saturated rings. The molecule has 1 saturated heterocycles. The van der Waals surface area contributed by atoms with E-state index < -0.39 is 0 Å². The minimum Gasteiger partial charge on any atom is -0.352 e. The fourth-order valence-corrected chi connectivity index (χ4v) is 4.98. The van der Waals surface area contributed by atoms with Crippen molar-refractivity contribution in [1.82, 2.24) is 24.8 Å². The van der Waals surface area contributed by atoms with Crippen molar-refractivity contribution in [2.24, 2.45) is 0 Å². The molecule has 1 amide bonds. The summed E-state index contributed by atoms with van der Waals surface area (Å²) in [6.45, 7) is 3.16. The van der Waals surface area contributed by atoms with Crippen LogP contribution < -0.4 is 10.6 Å². The van der Waals surface area contributed by atoms with Crippen LogP contribution in [-0.2, 0) is 11.3 Å². The van der Waals surface area contributed by atoms with Gasteiger partial charge in [0.25, 0.3) is 0 Å². The number of carbonyl (C=O) groups is 1. The number of hydrogen-bond donors (Lipinski definition) is 2. The predicted octanol–water partition coefficient (Wildman–Crippen LogP) is 4.64. The van der Waals surface area contributed by atoms with Gasteiger partial charge in [-0.05, 0) is 66.7 Å². The Kier molecular flexibility index (Phi) is 7.04.